The summed E-state index contributed by atoms with van der Waals surface area (Å²) in [6.07, 6.45) is 2.58. The van der Waals surface area contributed by atoms with Crippen molar-refractivity contribution in [1.29, 1.82) is 0 Å². The third-order valence-corrected chi connectivity index (χ3v) is 5.25. The molecule has 0 bridgehead atoms. The van der Waals surface area contributed by atoms with Crippen molar-refractivity contribution in [1.82, 2.24) is 15.1 Å². The van der Waals surface area contributed by atoms with Gasteiger partial charge < -0.3 is 10.2 Å². The van der Waals surface area contributed by atoms with Crippen molar-refractivity contribution in [3.8, 4) is 0 Å². The summed E-state index contributed by atoms with van der Waals surface area (Å²) in [5.74, 6) is 0.306. The summed E-state index contributed by atoms with van der Waals surface area (Å²) < 4.78 is 1.08. The molecule has 4 nitrogen and oxygen atoms in total. The quantitative estimate of drug-likeness (QED) is 0.839. The molecule has 2 aliphatic rings. The van der Waals surface area contributed by atoms with E-state index in [9.17, 15) is 4.79 Å². The molecular weight excluding hydrogens is 378 g/mol. The summed E-state index contributed by atoms with van der Waals surface area (Å²) in [4.78, 5) is 17.0. The molecule has 1 N–H and O–H groups in total. The molecule has 1 unspecified atom stereocenters. The Labute approximate surface area is 153 Å². The second-order valence-electron chi connectivity index (χ2n) is 6.19. The van der Waals surface area contributed by atoms with Crippen LogP contribution in [-0.4, -0.2) is 61.0 Å². The second kappa shape index (κ2) is 9.02. The summed E-state index contributed by atoms with van der Waals surface area (Å²) in [5, 5.41) is 3.39. The topological polar surface area (TPSA) is 35.6 Å². The third kappa shape index (κ3) is 5.18. The molecule has 3 rings (SSSR count). The molecule has 2 saturated heterocycles. The largest absolute Gasteiger partial charge is 0.341 e. The highest BCUT2D eigenvalue weighted by molar-refractivity contribution is 9.10. The summed E-state index contributed by atoms with van der Waals surface area (Å²) in [6.45, 7) is 6.23. The van der Waals surface area contributed by atoms with Gasteiger partial charge in [-0.2, -0.15) is 0 Å². The maximum Gasteiger partial charge on any atom is 0.222 e. The van der Waals surface area contributed by atoms with E-state index >= 15 is 0 Å². The Balaban J connectivity index is 0.00000192. The van der Waals surface area contributed by atoms with E-state index in [1.807, 2.05) is 12.1 Å². The minimum atomic E-state index is 0. The zero-order chi connectivity index (χ0) is 15.4. The van der Waals surface area contributed by atoms with Crippen LogP contribution in [0, 0.1) is 0 Å². The van der Waals surface area contributed by atoms with Crippen molar-refractivity contribution in [2.24, 2.45) is 0 Å². The van der Waals surface area contributed by atoms with Gasteiger partial charge in [0.2, 0.25) is 5.91 Å². The molecule has 1 amide bonds. The Morgan fingerprint density at radius 1 is 1.17 bits per heavy atom. The van der Waals surface area contributed by atoms with Gasteiger partial charge in [-0.1, -0.05) is 28.1 Å². The molecular formula is C17H25BrClN3O. The van der Waals surface area contributed by atoms with Crippen molar-refractivity contribution >= 4 is 34.2 Å². The van der Waals surface area contributed by atoms with Gasteiger partial charge in [0, 0.05) is 56.2 Å². The smallest absolute Gasteiger partial charge is 0.222 e. The SMILES string of the molecule is Cl.O=C(CCc1ccc(Br)cc1)N1CCC(N2CCNCC2)C1. The van der Waals surface area contributed by atoms with Gasteiger partial charge >= 0.3 is 0 Å². The van der Waals surface area contributed by atoms with Crippen LogP contribution in [0.1, 0.15) is 18.4 Å². The number of halogens is 2. The van der Waals surface area contributed by atoms with Crippen LogP contribution in [0.2, 0.25) is 0 Å². The number of amides is 1. The maximum atomic E-state index is 12.4. The molecule has 1 atom stereocenters. The molecule has 0 radical (unpaired) electrons. The Hall–Kier alpha value is -0.620. The van der Waals surface area contributed by atoms with Crippen LogP contribution in [0.4, 0.5) is 0 Å². The lowest BCUT2D eigenvalue weighted by Gasteiger charge is -2.32. The molecule has 2 heterocycles. The first-order valence-corrected chi connectivity index (χ1v) is 8.98. The average Bonchev–Trinajstić information content (AvgIpc) is 3.05. The minimum Gasteiger partial charge on any atom is -0.341 e. The summed E-state index contributed by atoms with van der Waals surface area (Å²) >= 11 is 3.44. The van der Waals surface area contributed by atoms with Crippen molar-refractivity contribution in [2.75, 3.05) is 39.3 Å². The van der Waals surface area contributed by atoms with Crippen molar-refractivity contribution in [3.05, 3.63) is 34.3 Å². The van der Waals surface area contributed by atoms with E-state index in [0.29, 0.717) is 18.4 Å². The normalized spacial score (nSPS) is 22.0. The van der Waals surface area contributed by atoms with E-state index in [1.54, 1.807) is 0 Å². The Morgan fingerprint density at radius 2 is 1.87 bits per heavy atom. The number of hydrogen-bond acceptors (Lipinski definition) is 3. The number of hydrogen-bond donors (Lipinski definition) is 1. The molecule has 0 saturated carbocycles. The standard InChI is InChI=1S/C17H24BrN3O.ClH/c18-15-4-1-14(2-5-15)3-6-17(22)21-10-7-16(13-21)20-11-8-19-9-12-20;/h1-2,4-5,16,19H,3,6-13H2;1H. The number of likely N-dealkylation sites (tertiary alicyclic amines) is 1. The Bertz CT molecular complexity index is 505. The fourth-order valence-electron chi connectivity index (χ4n) is 3.37. The fourth-order valence-corrected chi connectivity index (χ4v) is 3.64. The minimum absolute atomic E-state index is 0. The molecule has 0 spiro atoms. The van der Waals surface area contributed by atoms with Crippen molar-refractivity contribution in [3.63, 3.8) is 0 Å². The van der Waals surface area contributed by atoms with Gasteiger partial charge in [-0.3, -0.25) is 9.69 Å². The first kappa shape index (κ1) is 18.7. The second-order valence-corrected chi connectivity index (χ2v) is 7.11. The third-order valence-electron chi connectivity index (χ3n) is 4.72. The van der Waals surface area contributed by atoms with Gasteiger partial charge in [-0.25, -0.2) is 0 Å². The van der Waals surface area contributed by atoms with Crippen LogP contribution in [0.3, 0.4) is 0 Å². The highest BCUT2D eigenvalue weighted by Crippen LogP contribution is 2.18. The van der Waals surface area contributed by atoms with Crippen LogP contribution in [0.5, 0.6) is 0 Å². The zero-order valence-electron chi connectivity index (χ0n) is 13.3. The molecule has 6 heteroatoms. The van der Waals surface area contributed by atoms with E-state index in [0.717, 1.165) is 56.6 Å². The lowest BCUT2D eigenvalue weighted by Crippen LogP contribution is -2.49. The number of nitrogens with one attached hydrogen (secondary N) is 1. The number of benzene rings is 1. The van der Waals surface area contributed by atoms with Crippen LogP contribution in [-0.2, 0) is 11.2 Å². The predicted molar refractivity (Wildman–Crippen MR) is 99.1 cm³/mol. The van der Waals surface area contributed by atoms with Crippen LogP contribution >= 0.6 is 28.3 Å². The molecule has 0 aliphatic carbocycles. The number of carbonyl (C=O) groups excluding carboxylic acids is 1. The monoisotopic (exact) mass is 401 g/mol. The van der Waals surface area contributed by atoms with Gasteiger partial charge in [-0.15, -0.1) is 12.4 Å². The van der Waals surface area contributed by atoms with Crippen LogP contribution in [0.15, 0.2) is 28.7 Å². The van der Waals surface area contributed by atoms with E-state index in [-0.39, 0.29) is 12.4 Å². The molecule has 1 aromatic carbocycles. The van der Waals surface area contributed by atoms with Gasteiger partial charge in [-0.05, 0) is 30.5 Å². The zero-order valence-corrected chi connectivity index (χ0v) is 15.7. The number of aryl methyl sites for hydroxylation is 1. The molecule has 0 aromatic heterocycles. The average molecular weight is 403 g/mol. The molecule has 23 heavy (non-hydrogen) atoms. The maximum absolute atomic E-state index is 12.4. The molecule has 2 aliphatic heterocycles. The number of nitrogens with zero attached hydrogens (tertiary/aromatic N) is 2. The van der Waals surface area contributed by atoms with E-state index in [4.69, 9.17) is 0 Å². The number of rotatable bonds is 4. The Morgan fingerprint density at radius 3 is 2.57 bits per heavy atom. The van der Waals surface area contributed by atoms with Crippen LogP contribution < -0.4 is 5.32 Å². The lowest BCUT2D eigenvalue weighted by atomic mass is 10.1. The van der Waals surface area contributed by atoms with E-state index in [1.165, 1.54) is 5.56 Å². The molecule has 2 fully saturated rings. The molecule has 128 valence electrons. The van der Waals surface area contributed by atoms with Gasteiger partial charge in [0.25, 0.3) is 0 Å². The first-order valence-electron chi connectivity index (χ1n) is 8.19. The number of piperazine rings is 1. The van der Waals surface area contributed by atoms with Crippen molar-refractivity contribution in [2.45, 2.75) is 25.3 Å². The van der Waals surface area contributed by atoms with Crippen molar-refractivity contribution < 1.29 is 4.79 Å². The van der Waals surface area contributed by atoms with E-state index < -0.39 is 0 Å². The molecule has 1 aromatic rings. The highest BCUT2D eigenvalue weighted by atomic mass is 79.9. The van der Waals surface area contributed by atoms with Gasteiger partial charge in [0.15, 0.2) is 0 Å². The lowest BCUT2D eigenvalue weighted by molar-refractivity contribution is -0.130. The summed E-state index contributed by atoms with van der Waals surface area (Å²) in [7, 11) is 0. The summed E-state index contributed by atoms with van der Waals surface area (Å²) in [6, 6.07) is 8.82. The highest BCUT2D eigenvalue weighted by Gasteiger charge is 2.30. The van der Waals surface area contributed by atoms with Gasteiger partial charge in [0.05, 0.1) is 0 Å². The fraction of sp³-hybridized carbons (Fsp3) is 0.588. The first-order chi connectivity index (χ1) is 10.7. The number of carbonyl (C=O) groups is 1. The van der Waals surface area contributed by atoms with E-state index in [2.05, 4.69) is 43.2 Å². The van der Waals surface area contributed by atoms with Crippen LogP contribution in [0.25, 0.3) is 0 Å². The Kier molecular flexibility index (Phi) is 7.34. The summed E-state index contributed by atoms with van der Waals surface area (Å²) in [5.41, 5.74) is 1.23. The predicted octanol–water partition coefficient (Wildman–Crippen LogP) is 2.31. The van der Waals surface area contributed by atoms with Gasteiger partial charge in [0.1, 0.15) is 0 Å².